The van der Waals surface area contributed by atoms with Gasteiger partial charge < -0.3 is 10.2 Å². The molecule has 0 aromatic rings. The van der Waals surface area contributed by atoms with E-state index in [1.807, 2.05) is 0 Å². The molecule has 1 saturated heterocycles. The van der Waals surface area contributed by atoms with Crippen molar-refractivity contribution in [2.75, 3.05) is 20.1 Å². The van der Waals surface area contributed by atoms with Crippen molar-refractivity contribution < 1.29 is 0 Å². The quantitative estimate of drug-likeness (QED) is 0.703. The summed E-state index contributed by atoms with van der Waals surface area (Å²) in [5, 5.41) is 3.47. The van der Waals surface area contributed by atoms with Crippen molar-refractivity contribution in [2.24, 2.45) is 5.41 Å². The van der Waals surface area contributed by atoms with Gasteiger partial charge in [-0.1, -0.05) is 13.8 Å². The topological polar surface area (TPSA) is 15.3 Å². The SMILES string of the molecule is CC(C)N(C)C1CCNCC1(C)C. The van der Waals surface area contributed by atoms with Crippen LogP contribution in [0.1, 0.15) is 34.1 Å². The summed E-state index contributed by atoms with van der Waals surface area (Å²) < 4.78 is 0. The zero-order valence-corrected chi connectivity index (χ0v) is 9.72. The molecule has 1 unspecified atom stereocenters. The lowest BCUT2D eigenvalue weighted by Crippen LogP contribution is -2.55. The van der Waals surface area contributed by atoms with E-state index in [-0.39, 0.29) is 0 Å². The molecule has 0 spiro atoms. The van der Waals surface area contributed by atoms with Crippen LogP contribution in [0.15, 0.2) is 0 Å². The van der Waals surface area contributed by atoms with E-state index in [1.54, 1.807) is 0 Å². The van der Waals surface area contributed by atoms with Crippen molar-refractivity contribution in [1.82, 2.24) is 10.2 Å². The highest BCUT2D eigenvalue weighted by Gasteiger charge is 2.35. The van der Waals surface area contributed by atoms with Crippen LogP contribution in [0.5, 0.6) is 0 Å². The molecule has 1 heterocycles. The van der Waals surface area contributed by atoms with E-state index < -0.39 is 0 Å². The first-order valence-electron chi connectivity index (χ1n) is 5.38. The zero-order valence-electron chi connectivity index (χ0n) is 9.72. The molecule has 2 heteroatoms. The summed E-state index contributed by atoms with van der Waals surface area (Å²) in [7, 11) is 2.25. The fourth-order valence-corrected chi connectivity index (χ4v) is 2.27. The molecule has 0 radical (unpaired) electrons. The minimum Gasteiger partial charge on any atom is -0.316 e. The van der Waals surface area contributed by atoms with Gasteiger partial charge in [-0.3, -0.25) is 0 Å². The molecule has 1 atom stereocenters. The van der Waals surface area contributed by atoms with Crippen LogP contribution in [-0.2, 0) is 0 Å². The molecule has 0 aromatic heterocycles. The predicted octanol–water partition coefficient (Wildman–Crippen LogP) is 1.71. The second-order valence-electron chi connectivity index (χ2n) is 5.23. The first kappa shape index (κ1) is 11.0. The number of nitrogens with one attached hydrogen (secondary N) is 1. The lowest BCUT2D eigenvalue weighted by molar-refractivity contribution is 0.0586. The van der Waals surface area contributed by atoms with Crippen molar-refractivity contribution in [3.8, 4) is 0 Å². The summed E-state index contributed by atoms with van der Waals surface area (Å²) in [4.78, 5) is 2.51. The minimum atomic E-state index is 0.414. The Kier molecular flexibility index (Phi) is 3.36. The van der Waals surface area contributed by atoms with Crippen LogP contribution in [0.4, 0.5) is 0 Å². The highest BCUT2D eigenvalue weighted by atomic mass is 15.2. The van der Waals surface area contributed by atoms with Crippen LogP contribution >= 0.6 is 0 Å². The van der Waals surface area contributed by atoms with Gasteiger partial charge in [-0.05, 0) is 39.3 Å². The largest absolute Gasteiger partial charge is 0.316 e. The van der Waals surface area contributed by atoms with E-state index in [0.29, 0.717) is 11.5 Å². The fourth-order valence-electron chi connectivity index (χ4n) is 2.27. The summed E-state index contributed by atoms with van der Waals surface area (Å²) >= 11 is 0. The van der Waals surface area contributed by atoms with Gasteiger partial charge in [-0.15, -0.1) is 0 Å². The molecule has 0 aliphatic carbocycles. The van der Waals surface area contributed by atoms with Crippen LogP contribution in [-0.4, -0.2) is 37.1 Å². The standard InChI is InChI=1S/C11H24N2/c1-9(2)13(5)10-6-7-12-8-11(10,3)4/h9-10,12H,6-8H2,1-5H3. The van der Waals surface area contributed by atoms with E-state index in [0.717, 1.165) is 12.6 Å². The smallest absolute Gasteiger partial charge is 0.0170 e. The molecule has 1 aliphatic heterocycles. The van der Waals surface area contributed by atoms with Gasteiger partial charge in [0.05, 0.1) is 0 Å². The van der Waals surface area contributed by atoms with Gasteiger partial charge >= 0.3 is 0 Å². The van der Waals surface area contributed by atoms with E-state index in [4.69, 9.17) is 0 Å². The molecule has 0 bridgehead atoms. The van der Waals surface area contributed by atoms with Gasteiger partial charge in [-0.25, -0.2) is 0 Å². The number of rotatable bonds is 2. The predicted molar refractivity (Wildman–Crippen MR) is 58.0 cm³/mol. The van der Waals surface area contributed by atoms with E-state index >= 15 is 0 Å². The molecule has 1 fully saturated rings. The van der Waals surface area contributed by atoms with Crippen molar-refractivity contribution in [2.45, 2.75) is 46.2 Å². The molecule has 0 amide bonds. The van der Waals surface area contributed by atoms with Gasteiger partial charge in [0.1, 0.15) is 0 Å². The molecular weight excluding hydrogens is 160 g/mol. The van der Waals surface area contributed by atoms with Gasteiger partial charge in [-0.2, -0.15) is 0 Å². The summed E-state index contributed by atoms with van der Waals surface area (Å²) in [6.07, 6.45) is 1.28. The van der Waals surface area contributed by atoms with Crippen LogP contribution in [0.3, 0.4) is 0 Å². The third-order valence-electron chi connectivity index (χ3n) is 3.38. The molecule has 0 aromatic carbocycles. The highest BCUT2D eigenvalue weighted by molar-refractivity contribution is 4.91. The summed E-state index contributed by atoms with van der Waals surface area (Å²) in [6.45, 7) is 11.6. The Morgan fingerprint density at radius 3 is 2.46 bits per heavy atom. The van der Waals surface area contributed by atoms with Crippen molar-refractivity contribution in [1.29, 1.82) is 0 Å². The summed E-state index contributed by atoms with van der Waals surface area (Å²) in [5.74, 6) is 0. The Hall–Kier alpha value is -0.0800. The van der Waals surface area contributed by atoms with Crippen LogP contribution in [0.2, 0.25) is 0 Å². The fraction of sp³-hybridized carbons (Fsp3) is 1.00. The van der Waals surface area contributed by atoms with Crippen LogP contribution < -0.4 is 5.32 Å². The number of hydrogen-bond acceptors (Lipinski definition) is 2. The van der Waals surface area contributed by atoms with Crippen molar-refractivity contribution in [3.05, 3.63) is 0 Å². The Morgan fingerprint density at radius 2 is 2.00 bits per heavy atom. The third-order valence-corrected chi connectivity index (χ3v) is 3.38. The average Bonchev–Trinajstić information content (AvgIpc) is 2.02. The first-order chi connectivity index (χ1) is 5.95. The number of hydrogen-bond donors (Lipinski definition) is 1. The van der Waals surface area contributed by atoms with E-state index in [1.165, 1.54) is 13.0 Å². The van der Waals surface area contributed by atoms with E-state index in [2.05, 4.69) is 45.0 Å². The molecule has 1 rings (SSSR count). The molecular formula is C11H24N2. The minimum absolute atomic E-state index is 0.414. The zero-order chi connectivity index (χ0) is 10.1. The number of nitrogens with zero attached hydrogens (tertiary/aromatic N) is 1. The Labute approximate surface area is 82.7 Å². The second-order valence-corrected chi connectivity index (χ2v) is 5.23. The maximum atomic E-state index is 3.47. The maximum Gasteiger partial charge on any atom is 0.0170 e. The van der Waals surface area contributed by atoms with Gasteiger partial charge in [0.15, 0.2) is 0 Å². The average molecular weight is 184 g/mol. The normalized spacial score (nSPS) is 28.4. The first-order valence-corrected chi connectivity index (χ1v) is 5.38. The molecule has 1 N–H and O–H groups in total. The Morgan fingerprint density at radius 1 is 1.38 bits per heavy atom. The molecule has 1 aliphatic rings. The van der Waals surface area contributed by atoms with Crippen molar-refractivity contribution in [3.63, 3.8) is 0 Å². The van der Waals surface area contributed by atoms with Crippen LogP contribution in [0.25, 0.3) is 0 Å². The van der Waals surface area contributed by atoms with Gasteiger partial charge in [0, 0.05) is 18.6 Å². The maximum absolute atomic E-state index is 3.47. The molecule has 78 valence electrons. The van der Waals surface area contributed by atoms with E-state index in [9.17, 15) is 0 Å². The summed E-state index contributed by atoms with van der Waals surface area (Å²) in [6, 6.07) is 1.39. The van der Waals surface area contributed by atoms with Gasteiger partial charge in [0.2, 0.25) is 0 Å². The lowest BCUT2D eigenvalue weighted by atomic mass is 9.79. The third kappa shape index (κ3) is 2.44. The van der Waals surface area contributed by atoms with Crippen molar-refractivity contribution >= 4 is 0 Å². The monoisotopic (exact) mass is 184 g/mol. The lowest BCUT2D eigenvalue weighted by Gasteiger charge is -2.45. The number of piperidine rings is 1. The van der Waals surface area contributed by atoms with Crippen LogP contribution in [0, 0.1) is 5.41 Å². The molecule has 13 heavy (non-hydrogen) atoms. The molecule has 0 saturated carbocycles. The summed E-state index contributed by atoms with van der Waals surface area (Å²) in [5.41, 5.74) is 0.414. The Balaban J connectivity index is 2.65. The molecule has 2 nitrogen and oxygen atoms in total. The second kappa shape index (κ2) is 3.97. The highest BCUT2D eigenvalue weighted by Crippen LogP contribution is 2.29. The van der Waals surface area contributed by atoms with Gasteiger partial charge in [0.25, 0.3) is 0 Å². The Bertz CT molecular complexity index is 163.